The number of carbonyl (C=O) groups excluding carboxylic acids is 1. The van der Waals surface area contributed by atoms with Gasteiger partial charge in [0, 0.05) is 23.6 Å². The Labute approximate surface area is 120 Å². The van der Waals surface area contributed by atoms with Gasteiger partial charge in [0.25, 0.3) is 5.92 Å². The van der Waals surface area contributed by atoms with E-state index in [1.165, 1.54) is 12.3 Å². The van der Waals surface area contributed by atoms with Crippen molar-refractivity contribution < 1.29 is 18.3 Å². The fourth-order valence-electron chi connectivity index (χ4n) is 2.96. The van der Waals surface area contributed by atoms with Crippen LogP contribution in [0.5, 0.6) is 0 Å². The van der Waals surface area contributed by atoms with Gasteiger partial charge in [-0.05, 0) is 17.5 Å². The molecule has 3 rings (SSSR count). The zero-order valence-corrected chi connectivity index (χ0v) is 11.8. The molecular weight excluding hydrogens is 288 g/mol. The van der Waals surface area contributed by atoms with E-state index >= 15 is 0 Å². The van der Waals surface area contributed by atoms with E-state index in [-0.39, 0.29) is 23.2 Å². The predicted molar refractivity (Wildman–Crippen MR) is 68.7 cm³/mol. The number of rotatable bonds is 3. The van der Waals surface area contributed by atoms with Crippen LogP contribution in [0.25, 0.3) is 0 Å². The Bertz CT molecular complexity index is 576. The molecule has 0 N–H and O–H groups in total. The van der Waals surface area contributed by atoms with Crippen molar-refractivity contribution in [1.29, 1.82) is 0 Å². The number of carbonyl (C=O) groups is 1. The van der Waals surface area contributed by atoms with E-state index < -0.39 is 29.6 Å². The van der Waals surface area contributed by atoms with Gasteiger partial charge in [0.2, 0.25) is 0 Å². The summed E-state index contributed by atoms with van der Waals surface area (Å²) in [6, 6.07) is 1.19. The van der Waals surface area contributed by atoms with Gasteiger partial charge in [0.05, 0.1) is 12.5 Å². The molecule has 0 saturated heterocycles. The van der Waals surface area contributed by atoms with E-state index in [0.717, 1.165) is 0 Å². The molecule has 1 fully saturated rings. The number of hydrogen-bond acceptors (Lipinski definition) is 3. The lowest BCUT2D eigenvalue weighted by Crippen LogP contribution is -2.21. The largest absolute Gasteiger partial charge is 0.465 e. The third kappa shape index (κ3) is 1.91. The Hall–Kier alpha value is -1.23. The molecule has 0 aromatic carbocycles. The number of ether oxygens (including phenoxy) is 1. The normalized spacial score (nSPS) is 29.0. The summed E-state index contributed by atoms with van der Waals surface area (Å²) in [5.41, 5.74) is 0.330. The lowest BCUT2D eigenvalue weighted by molar-refractivity contribution is -0.148. The molecular formula is C14H14ClF2NO2. The molecule has 2 aliphatic carbocycles. The molecule has 0 unspecified atom stereocenters. The van der Waals surface area contributed by atoms with Crippen molar-refractivity contribution in [1.82, 2.24) is 4.98 Å². The average Bonchev–Trinajstić information content (AvgIpc) is 3.07. The van der Waals surface area contributed by atoms with Crippen molar-refractivity contribution >= 4 is 17.6 Å². The molecule has 0 spiro atoms. The Balaban J connectivity index is 1.83. The SMILES string of the molecule is CC(C)COC(=O)[C@@H]1[C@H]2c3cnc(Cl)cc3C(F)(F)[C@@H]12. The van der Waals surface area contributed by atoms with Crippen molar-refractivity contribution in [2.45, 2.75) is 25.7 Å². The second-order valence-corrected chi connectivity index (χ2v) is 6.21. The van der Waals surface area contributed by atoms with Crippen LogP contribution in [0, 0.1) is 17.8 Å². The number of halogens is 3. The van der Waals surface area contributed by atoms with Gasteiger partial charge >= 0.3 is 5.97 Å². The zero-order chi connectivity index (χ0) is 14.7. The monoisotopic (exact) mass is 301 g/mol. The van der Waals surface area contributed by atoms with Gasteiger partial charge in [-0.3, -0.25) is 4.79 Å². The first-order valence-corrected chi connectivity index (χ1v) is 6.92. The molecule has 1 aromatic rings. The molecule has 3 nitrogen and oxygen atoms in total. The summed E-state index contributed by atoms with van der Waals surface area (Å²) in [6.07, 6.45) is 1.35. The van der Waals surface area contributed by atoms with Gasteiger partial charge < -0.3 is 4.74 Å². The van der Waals surface area contributed by atoms with Gasteiger partial charge in [0.15, 0.2) is 0 Å². The first kappa shape index (κ1) is 13.7. The summed E-state index contributed by atoms with van der Waals surface area (Å²) in [5.74, 6) is -5.62. The number of alkyl halides is 2. The van der Waals surface area contributed by atoms with E-state index in [1.807, 2.05) is 13.8 Å². The summed E-state index contributed by atoms with van der Waals surface area (Å²) in [5, 5.41) is 0.0451. The standard InChI is InChI=1S/C14H14ClF2NO2/c1-6(2)5-20-13(19)11-10-7-4-18-9(15)3-8(7)14(16,17)12(10)11/h3-4,6,10-12H,5H2,1-2H3/t10-,11-,12-/m1/s1. The van der Waals surface area contributed by atoms with Crippen molar-refractivity contribution in [2.75, 3.05) is 6.61 Å². The minimum Gasteiger partial charge on any atom is -0.465 e. The number of fused-ring (bicyclic) bond motifs is 3. The van der Waals surface area contributed by atoms with Crippen molar-refractivity contribution in [3.05, 3.63) is 28.5 Å². The molecule has 1 saturated carbocycles. The number of pyridine rings is 1. The fraction of sp³-hybridized carbons (Fsp3) is 0.571. The predicted octanol–water partition coefficient (Wildman–Crippen LogP) is 3.37. The topological polar surface area (TPSA) is 39.2 Å². The summed E-state index contributed by atoms with van der Waals surface area (Å²) in [4.78, 5) is 15.7. The van der Waals surface area contributed by atoms with E-state index in [1.54, 1.807) is 0 Å². The van der Waals surface area contributed by atoms with Gasteiger partial charge in [-0.25, -0.2) is 13.8 Å². The summed E-state index contributed by atoms with van der Waals surface area (Å²) in [6.45, 7) is 4.06. The van der Waals surface area contributed by atoms with Crippen LogP contribution >= 0.6 is 11.6 Å². The molecule has 108 valence electrons. The average molecular weight is 302 g/mol. The number of hydrogen-bond donors (Lipinski definition) is 0. The molecule has 1 heterocycles. The van der Waals surface area contributed by atoms with Crippen LogP contribution in [0.15, 0.2) is 12.3 Å². The lowest BCUT2D eigenvalue weighted by atomic mass is 10.0. The van der Waals surface area contributed by atoms with Gasteiger partial charge in [-0.1, -0.05) is 25.4 Å². The highest BCUT2D eigenvalue weighted by molar-refractivity contribution is 6.29. The van der Waals surface area contributed by atoms with Gasteiger partial charge in [0.1, 0.15) is 5.15 Å². The molecule has 0 amide bonds. The number of esters is 1. The third-order valence-electron chi connectivity index (χ3n) is 3.89. The summed E-state index contributed by atoms with van der Waals surface area (Å²) in [7, 11) is 0. The molecule has 2 aliphatic rings. The van der Waals surface area contributed by atoms with Crippen molar-refractivity contribution in [3.63, 3.8) is 0 Å². The highest BCUT2D eigenvalue weighted by Gasteiger charge is 2.73. The van der Waals surface area contributed by atoms with Crippen LogP contribution in [-0.2, 0) is 15.5 Å². The minimum atomic E-state index is -3.03. The van der Waals surface area contributed by atoms with E-state index in [9.17, 15) is 13.6 Å². The second kappa shape index (κ2) is 4.38. The van der Waals surface area contributed by atoms with E-state index in [2.05, 4.69) is 4.98 Å². The van der Waals surface area contributed by atoms with Crippen LogP contribution in [0.2, 0.25) is 5.15 Å². The summed E-state index contributed by atoms with van der Waals surface area (Å²) < 4.78 is 33.6. The van der Waals surface area contributed by atoms with Crippen LogP contribution in [0.3, 0.4) is 0 Å². The van der Waals surface area contributed by atoms with E-state index in [0.29, 0.717) is 5.56 Å². The maximum atomic E-state index is 14.3. The molecule has 0 aliphatic heterocycles. The Morgan fingerprint density at radius 2 is 2.25 bits per heavy atom. The Kier molecular flexibility index (Phi) is 3.01. The summed E-state index contributed by atoms with van der Waals surface area (Å²) >= 11 is 5.66. The number of aromatic nitrogens is 1. The van der Waals surface area contributed by atoms with Crippen molar-refractivity contribution in [3.8, 4) is 0 Å². The number of nitrogens with zero attached hydrogens (tertiary/aromatic N) is 1. The molecule has 6 heteroatoms. The maximum absolute atomic E-state index is 14.3. The first-order valence-electron chi connectivity index (χ1n) is 6.54. The quantitative estimate of drug-likeness (QED) is 0.635. The van der Waals surface area contributed by atoms with Crippen LogP contribution in [-0.4, -0.2) is 17.6 Å². The molecule has 20 heavy (non-hydrogen) atoms. The maximum Gasteiger partial charge on any atom is 0.310 e. The van der Waals surface area contributed by atoms with Gasteiger partial charge in [-0.15, -0.1) is 0 Å². The molecule has 1 aromatic heterocycles. The van der Waals surface area contributed by atoms with Crippen LogP contribution in [0.1, 0.15) is 30.9 Å². The minimum absolute atomic E-state index is 0.0451. The fourth-order valence-corrected chi connectivity index (χ4v) is 3.12. The Morgan fingerprint density at radius 3 is 2.90 bits per heavy atom. The van der Waals surface area contributed by atoms with Crippen molar-refractivity contribution in [2.24, 2.45) is 17.8 Å². The molecule has 0 bridgehead atoms. The highest BCUT2D eigenvalue weighted by Crippen LogP contribution is 2.70. The smallest absolute Gasteiger partial charge is 0.310 e. The zero-order valence-electron chi connectivity index (χ0n) is 11.1. The van der Waals surface area contributed by atoms with Crippen LogP contribution < -0.4 is 0 Å². The third-order valence-corrected chi connectivity index (χ3v) is 4.10. The molecule has 3 atom stereocenters. The van der Waals surface area contributed by atoms with Crippen LogP contribution in [0.4, 0.5) is 8.78 Å². The highest BCUT2D eigenvalue weighted by atomic mass is 35.5. The molecule has 0 radical (unpaired) electrons. The second-order valence-electron chi connectivity index (χ2n) is 5.82. The van der Waals surface area contributed by atoms with Gasteiger partial charge in [-0.2, -0.15) is 0 Å². The Morgan fingerprint density at radius 1 is 1.55 bits per heavy atom. The lowest BCUT2D eigenvalue weighted by Gasteiger charge is -2.16. The first-order chi connectivity index (χ1) is 9.34. The van der Waals surface area contributed by atoms with E-state index in [4.69, 9.17) is 16.3 Å².